The average Bonchev–Trinajstić information content (AvgIpc) is 3.44. The molecule has 1 saturated heterocycles. The van der Waals surface area contributed by atoms with Gasteiger partial charge in [-0.05, 0) is 49.8 Å². The van der Waals surface area contributed by atoms with Gasteiger partial charge in [-0.2, -0.15) is 0 Å². The Labute approximate surface area is 211 Å². The molecule has 1 unspecified atom stereocenters. The maximum Gasteiger partial charge on any atom is 0.192 e. The predicted octanol–water partition coefficient (Wildman–Crippen LogP) is 4.27. The topological polar surface area (TPSA) is 70.4 Å². The predicted molar refractivity (Wildman–Crippen MR) is 143 cm³/mol. The van der Waals surface area contributed by atoms with Crippen LogP contribution in [-0.2, 0) is 13.6 Å². The number of benzene rings is 1. The SMILES string of the molecule is Cc1nnc(CN=C(NC2CCN(c3cccs3)CC2)NC(C)c2ccccc2)n1C.I. The molecular formula is C23H32IN7S. The molecule has 4 rings (SSSR count). The highest BCUT2D eigenvalue weighted by atomic mass is 127. The Balaban J connectivity index is 0.00000289. The lowest BCUT2D eigenvalue weighted by Crippen LogP contribution is -2.49. The van der Waals surface area contributed by atoms with Gasteiger partial charge in [0.1, 0.15) is 12.4 Å². The molecule has 3 heterocycles. The maximum atomic E-state index is 4.86. The van der Waals surface area contributed by atoms with Gasteiger partial charge in [0.05, 0.1) is 11.0 Å². The molecule has 0 aliphatic carbocycles. The maximum absolute atomic E-state index is 4.86. The monoisotopic (exact) mass is 565 g/mol. The summed E-state index contributed by atoms with van der Waals surface area (Å²) in [5, 5.41) is 19.2. The van der Waals surface area contributed by atoms with Crippen LogP contribution in [0.15, 0.2) is 52.8 Å². The Morgan fingerprint density at radius 1 is 1.16 bits per heavy atom. The smallest absolute Gasteiger partial charge is 0.192 e. The second-order valence-corrected chi connectivity index (χ2v) is 8.95. The normalized spacial score (nSPS) is 15.8. The van der Waals surface area contributed by atoms with Crippen LogP contribution in [0, 0.1) is 6.92 Å². The minimum Gasteiger partial charge on any atom is -0.363 e. The van der Waals surface area contributed by atoms with Gasteiger partial charge in [-0.3, -0.25) is 0 Å². The number of hydrogen-bond donors (Lipinski definition) is 2. The molecule has 2 N–H and O–H groups in total. The number of piperidine rings is 1. The lowest BCUT2D eigenvalue weighted by Gasteiger charge is -2.34. The van der Waals surface area contributed by atoms with Gasteiger partial charge >= 0.3 is 0 Å². The van der Waals surface area contributed by atoms with Gasteiger partial charge in [0.25, 0.3) is 0 Å². The van der Waals surface area contributed by atoms with Gasteiger partial charge in [-0.15, -0.1) is 45.5 Å². The Kier molecular flexibility index (Phi) is 8.92. The summed E-state index contributed by atoms with van der Waals surface area (Å²) in [7, 11) is 1.98. The van der Waals surface area contributed by atoms with Crippen molar-refractivity contribution in [2.45, 2.75) is 45.3 Å². The third-order valence-electron chi connectivity index (χ3n) is 5.87. The Morgan fingerprint density at radius 3 is 2.53 bits per heavy atom. The molecule has 9 heteroatoms. The van der Waals surface area contributed by atoms with Gasteiger partial charge in [0.2, 0.25) is 0 Å². The Bertz CT molecular complexity index is 979. The number of aryl methyl sites for hydroxylation is 1. The minimum absolute atomic E-state index is 0. The largest absolute Gasteiger partial charge is 0.363 e. The number of thiophene rings is 1. The molecule has 1 aliphatic rings. The zero-order valence-electron chi connectivity index (χ0n) is 18.9. The number of halogens is 1. The average molecular weight is 566 g/mol. The number of aromatic nitrogens is 3. The van der Waals surface area contributed by atoms with Crippen molar-refractivity contribution >= 4 is 46.3 Å². The number of nitrogens with one attached hydrogen (secondary N) is 2. The van der Waals surface area contributed by atoms with Gasteiger partial charge in [0.15, 0.2) is 11.8 Å². The van der Waals surface area contributed by atoms with Crippen LogP contribution in [0.3, 0.4) is 0 Å². The first kappa shape index (κ1) is 24.5. The Hall–Kier alpha value is -2.14. The first-order valence-electron chi connectivity index (χ1n) is 10.9. The van der Waals surface area contributed by atoms with Crippen LogP contribution in [0.5, 0.6) is 0 Å². The van der Waals surface area contributed by atoms with Crippen molar-refractivity contribution in [1.29, 1.82) is 0 Å². The van der Waals surface area contributed by atoms with Gasteiger partial charge in [-0.25, -0.2) is 4.99 Å². The standard InChI is InChI=1S/C23H31N7S.HI/c1-17(19-8-5-4-6-9-19)25-23(24-16-21-28-27-18(2)29(21)3)26-20-11-13-30(14-12-20)22-10-7-15-31-22;/h4-10,15,17,20H,11-14,16H2,1-3H3,(H2,24,25,26);1H. The second-order valence-electron chi connectivity index (χ2n) is 8.02. The van der Waals surface area contributed by atoms with E-state index in [9.17, 15) is 0 Å². The highest BCUT2D eigenvalue weighted by Gasteiger charge is 2.21. The molecule has 2 aromatic heterocycles. The molecule has 1 aliphatic heterocycles. The summed E-state index contributed by atoms with van der Waals surface area (Å²) in [6.45, 7) is 6.72. The van der Waals surface area contributed by atoms with Crippen molar-refractivity contribution in [2.75, 3.05) is 18.0 Å². The molecule has 3 aromatic rings. The van der Waals surface area contributed by atoms with Crippen molar-refractivity contribution in [3.8, 4) is 0 Å². The van der Waals surface area contributed by atoms with Crippen LogP contribution in [0.4, 0.5) is 5.00 Å². The number of rotatable bonds is 6. The van der Waals surface area contributed by atoms with E-state index in [2.05, 4.69) is 74.4 Å². The van der Waals surface area contributed by atoms with Crippen molar-refractivity contribution in [2.24, 2.45) is 12.0 Å². The third kappa shape index (κ3) is 6.22. The first-order valence-corrected chi connectivity index (χ1v) is 11.7. The molecule has 1 fully saturated rings. The van der Waals surface area contributed by atoms with Crippen LogP contribution in [0.25, 0.3) is 0 Å². The van der Waals surface area contributed by atoms with Crippen LogP contribution in [0.2, 0.25) is 0 Å². The zero-order valence-corrected chi connectivity index (χ0v) is 22.0. The number of aliphatic imine (C=N–C) groups is 1. The molecule has 1 aromatic carbocycles. The molecular weight excluding hydrogens is 533 g/mol. The van der Waals surface area contributed by atoms with Crippen LogP contribution >= 0.6 is 35.3 Å². The van der Waals surface area contributed by atoms with E-state index in [0.717, 1.165) is 43.5 Å². The number of anilines is 1. The van der Waals surface area contributed by atoms with Crippen molar-refractivity contribution in [3.63, 3.8) is 0 Å². The summed E-state index contributed by atoms with van der Waals surface area (Å²) < 4.78 is 1.99. The molecule has 0 spiro atoms. The Morgan fingerprint density at radius 2 is 1.91 bits per heavy atom. The fourth-order valence-electron chi connectivity index (χ4n) is 3.79. The lowest BCUT2D eigenvalue weighted by molar-refractivity contribution is 0.459. The highest BCUT2D eigenvalue weighted by molar-refractivity contribution is 14.0. The van der Waals surface area contributed by atoms with Gasteiger partial charge in [-0.1, -0.05) is 30.3 Å². The van der Waals surface area contributed by atoms with Crippen molar-refractivity contribution < 1.29 is 0 Å². The van der Waals surface area contributed by atoms with Crippen LogP contribution in [0.1, 0.15) is 43.0 Å². The van der Waals surface area contributed by atoms with E-state index in [4.69, 9.17) is 4.99 Å². The van der Waals surface area contributed by atoms with E-state index >= 15 is 0 Å². The van der Waals surface area contributed by atoms with Crippen LogP contribution in [-0.4, -0.2) is 39.9 Å². The molecule has 0 amide bonds. The van der Waals surface area contributed by atoms with Crippen LogP contribution < -0.4 is 15.5 Å². The van der Waals surface area contributed by atoms with E-state index in [0.29, 0.717) is 12.6 Å². The highest BCUT2D eigenvalue weighted by Crippen LogP contribution is 2.24. The summed E-state index contributed by atoms with van der Waals surface area (Å²) in [5.74, 6) is 2.58. The molecule has 0 saturated carbocycles. The van der Waals surface area contributed by atoms with Gasteiger partial charge < -0.3 is 20.1 Å². The number of hydrogen-bond acceptors (Lipinski definition) is 5. The molecule has 0 bridgehead atoms. The summed E-state index contributed by atoms with van der Waals surface area (Å²) >= 11 is 1.81. The quantitative estimate of drug-likeness (QED) is 0.266. The molecule has 172 valence electrons. The fraction of sp³-hybridized carbons (Fsp3) is 0.435. The second kappa shape index (κ2) is 11.6. The summed E-state index contributed by atoms with van der Waals surface area (Å²) in [6, 6.07) is 15.3. The summed E-state index contributed by atoms with van der Waals surface area (Å²) in [5.41, 5.74) is 1.24. The summed E-state index contributed by atoms with van der Waals surface area (Å²) in [4.78, 5) is 7.33. The number of nitrogens with zero attached hydrogens (tertiary/aromatic N) is 5. The molecule has 7 nitrogen and oxygen atoms in total. The lowest BCUT2D eigenvalue weighted by atomic mass is 10.1. The molecule has 0 radical (unpaired) electrons. The van der Waals surface area contributed by atoms with Crippen molar-refractivity contribution in [3.05, 3.63) is 65.1 Å². The van der Waals surface area contributed by atoms with E-state index in [1.165, 1.54) is 10.6 Å². The molecule has 1 atom stereocenters. The third-order valence-corrected chi connectivity index (χ3v) is 6.80. The fourth-order valence-corrected chi connectivity index (χ4v) is 4.57. The van der Waals surface area contributed by atoms with E-state index in [-0.39, 0.29) is 30.0 Å². The van der Waals surface area contributed by atoms with Crippen molar-refractivity contribution in [1.82, 2.24) is 25.4 Å². The van der Waals surface area contributed by atoms with E-state index in [1.54, 1.807) is 0 Å². The first-order chi connectivity index (χ1) is 15.1. The molecule has 32 heavy (non-hydrogen) atoms. The van der Waals surface area contributed by atoms with E-state index in [1.807, 2.05) is 35.9 Å². The van der Waals surface area contributed by atoms with Gasteiger partial charge in [0, 0.05) is 26.2 Å². The summed E-state index contributed by atoms with van der Waals surface area (Å²) in [6.07, 6.45) is 2.17. The minimum atomic E-state index is 0. The number of guanidine groups is 1. The van der Waals surface area contributed by atoms with E-state index < -0.39 is 0 Å². The zero-order chi connectivity index (χ0) is 21.6.